The van der Waals surface area contributed by atoms with Crippen LogP contribution in [0.15, 0.2) is 60.7 Å². The van der Waals surface area contributed by atoms with Crippen LogP contribution in [0.4, 0.5) is 5.69 Å². The molecule has 3 rings (SSSR count). The number of nitrogens with one attached hydrogen (secondary N) is 2. The molecule has 0 aliphatic carbocycles. The van der Waals surface area contributed by atoms with Gasteiger partial charge in [0.15, 0.2) is 0 Å². The number of hydrazine groups is 1. The van der Waals surface area contributed by atoms with Crippen LogP contribution in [0, 0.1) is 0 Å². The first-order valence-corrected chi connectivity index (χ1v) is 8.29. The van der Waals surface area contributed by atoms with Crippen molar-refractivity contribution in [2.45, 2.75) is 19.1 Å². The lowest BCUT2D eigenvalue weighted by atomic mass is 10.2. The first-order chi connectivity index (χ1) is 11.8. The largest absolute Gasteiger partial charge is 0.375 e. The Morgan fingerprint density at radius 3 is 2.50 bits per heavy atom. The lowest BCUT2D eigenvalue weighted by Gasteiger charge is -2.28. The number of carbonyl (C=O) groups excluding carboxylic acids is 1. The summed E-state index contributed by atoms with van der Waals surface area (Å²) in [4.78, 5) is 12.4. The predicted octanol–water partition coefficient (Wildman–Crippen LogP) is 2.10. The summed E-state index contributed by atoms with van der Waals surface area (Å²) in [6, 6.07) is 20.0. The Morgan fingerprint density at radius 2 is 1.83 bits per heavy atom. The molecule has 0 unspecified atom stereocenters. The number of rotatable bonds is 6. The molecular weight excluding hydrogens is 302 g/mol. The molecule has 0 spiro atoms. The minimum absolute atomic E-state index is 0.0384. The van der Waals surface area contributed by atoms with E-state index in [9.17, 15) is 4.79 Å². The zero-order chi connectivity index (χ0) is 16.6. The zero-order valence-corrected chi connectivity index (χ0v) is 13.7. The van der Waals surface area contributed by atoms with E-state index in [1.807, 2.05) is 53.5 Å². The third-order valence-corrected chi connectivity index (χ3v) is 3.93. The predicted molar refractivity (Wildman–Crippen MR) is 94.4 cm³/mol. The third kappa shape index (κ3) is 4.81. The van der Waals surface area contributed by atoms with Gasteiger partial charge in [0.05, 0.1) is 31.4 Å². The highest BCUT2D eigenvalue weighted by Gasteiger charge is 2.19. The van der Waals surface area contributed by atoms with E-state index in [1.54, 1.807) is 0 Å². The average molecular weight is 325 g/mol. The Morgan fingerprint density at radius 1 is 1.12 bits per heavy atom. The summed E-state index contributed by atoms with van der Waals surface area (Å²) in [5, 5.41) is 5.13. The fraction of sp³-hybridized carbons (Fsp3) is 0.316. The van der Waals surface area contributed by atoms with Crippen LogP contribution >= 0.6 is 0 Å². The van der Waals surface area contributed by atoms with Gasteiger partial charge in [0.25, 0.3) is 0 Å². The summed E-state index contributed by atoms with van der Waals surface area (Å²) in [5.74, 6) is -0.0384. The summed E-state index contributed by atoms with van der Waals surface area (Å²) in [6.45, 7) is 2.84. The molecule has 2 aromatic carbocycles. The van der Waals surface area contributed by atoms with Gasteiger partial charge in [-0.2, -0.15) is 0 Å². The van der Waals surface area contributed by atoms with E-state index in [2.05, 4.69) is 22.9 Å². The van der Waals surface area contributed by atoms with Crippen molar-refractivity contribution in [3.05, 3.63) is 66.2 Å². The Bertz CT molecular complexity index is 628. The molecule has 0 saturated carbocycles. The van der Waals surface area contributed by atoms with Gasteiger partial charge < -0.3 is 10.1 Å². The van der Waals surface area contributed by atoms with Crippen molar-refractivity contribution in [3.63, 3.8) is 0 Å². The van der Waals surface area contributed by atoms with Crippen LogP contribution in [-0.2, 0) is 16.1 Å². The van der Waals surface area contributed by atoms with E-state index in [4.69, 9.17) is 4.74 Å². The lowest BCUT2D eigenvalue weighted by molar-refractivity contribution is -0.124. The maximum atomic E-state index is 12.4. The highest BCUT2D eigenvalue weighted by molar-refractivity contribution is 5.78. The van der Waals surface area contributed by atoms with Crippen molar-refractivity contribution in [1.82, 2.24) is 10.7 Å². The number of hydrogen-bond acceptors (Lipinski definition) is 4. The van der Waals surface area contributed by atoms with Gasteiger partial charge in [-0.15, -0.1) is 0 Å². The van der Waals surface area contributed by atoms with Gasteiger partial charge in [0.2, 0.25) is 5.91 Å². The number of morpholine rings is 1. The fourth-order valence-electron chi connectivity index (χ4n) is 2.72. The van der Waals surface area contributed by atoms with E-state index in [0.717, 1.165) is 24.3 Å². The molecule has 1 atom stereocenters. The number of carbonyl (C=O) groups is 1. The van der Waals surface area contributed by atoms with Crippen molar-refractivity contribution in [3.8, 4) is 0 Å². The quantitative estimate of drug-likeness (QED) is 0.799. The summed E-state index contributed by atoms with van der Waals surface area (Å²) < 4.78 is 5.61. The van der Waals surface area contributed by atoms with Crippen molar-refractivity contribution in [2.75, 3.05) is 24.7 Å². The molecule has 0 aromatic heterocycles. The minimum Gasteiger partial charge on any atom is -0.375 e. The molecule has 5 heteroatoms. The number of para-hydroxylation sites is 1. The van der Waals surface area contributed by atoms with E-state index in [1.165, 1.54) is 0 Å². The molecular formula is C19H23N3O2. The average Bonchev–Trinajstić information content (AvgIpc) is 2.63. The van der Waals surface area contributed by atoms with Crippen LogP contribution in [0.3, 0.4) is 0 Å². The number of amides is 1. The lowest BCUT2D eigenvalue weighted by Crippen LogP contribution is -2.46. The molecule has 1 aliphatic rings. The molecule has 1 aliphatic heterocycles. The minimum atomic E-state index is -0.0619. The first kappa shape index (κ1) is 16.5. The zero-order valence-electron chi connectivity index (χ0n) is 13.7. The van der Waals surface area contributed by atoms with Crippen LogP contribution in [0.2, 0.25) is 0 Å². The molecule has 0 bridgehead atoms. The number of hydrogen-bond donors (Lipinski definition) is 2. The van der Waals surface area contributed by atoms with Gasteiger partial charge in [-0.3, -0.25) is 15.2 Å². The van der Waals surface area contributed by atoms with Gasteiger partial charge in [0.1, 0.15) is 0 Å². The third-order valence-electron chi connectivity index (χ3n) is 3.93. The van der Waals surface area contributed by atoms with E-state index >= 15 is 0 Å². The van der Waals surface area contributed by atoms with E-state index < -0.39 is 0 Å². The topological polar surface area (TPSA) is 53.6 Å². The maximum Gasteiger partial charge on any atom is 0.241 e. The highest BCUT2D eigenvalue weighted by Crippen LogP contribution is 2.15. The smallest absolute Gasteiger partial charge is 0.241 e. The number of benzene rings is 2. The number of nitrogens with zero attached hydrogens (tertiary/aromatic N) is 1. The summed E-state index contributed by atoms with van der Waals surface area (Å²) in [6.07, 6.45) is 0.290. The molecule has 1 saturated heterocycles. The molecule has 0 radical (unpaired) electrons. The van der Waals surface area contributed by atoms with Crippen LogP contribution in [0.25, 0.3) is 0 Å². The van der Waals surface area contributed by atoms with Gasteiger partial charge in [-0.05, 0) is 17.7 Å². The van der Waals surface area contributed by atoms with Crippen molar-refractivity contribution < 1.29 is 9.53 Å². The second-order valence-corrected chi connectivity index (χ2v) is 5.84. The van der Waals surface area contributed by atoms with Crippen LogP contribution in [0.1, 0.15) is 12.0 Å². The van der Waals surface area contributed by atoms with E-state index in [0.29, 0.717) is 19.6 Å². The summed E-state index contributed by atoms with van der Waals surface area (Å²) in [7, 11) is 0. The normalized spacial score (nSPS) is 17.2. The maximum absolute atomic E-state index is 12.4. The second-order valence-electron chi connectivity index (χ2n) is 5.84. The monoisotopic (exact) mass is 325 g/mol. The standard InChI is InChI=1S/C19H23N3O2/c23-19(13-18-14-20-11-12-24-18)21-22(17-9-5-2-6-10-17)15-16-7-3-1-4-8-16/h1-10,18,20H,11-15H2,(H,21,23)/t18-/m0/s1. The molecule has 1 heterocycles. The molecule has 1 fully saturated rings. The molecule has 2 N–H and O–H groups in total. The van der Waals surface area contributed by atoms with Crippen LogP contribution in [-0.4, -0.2) is 31.7 Å². The fourth-order valence-corrected chi connectivity index (χ4v) is 2.72. The van der Waals surface area contributed by atoms with Crippen LogP contribution < -0.4 is 15.8 Å². The van der Waals surface area contributed by atoms with Gasteiger partial charge in [-0.1, -0.05) is 48.5 Å². The van der Waals surface area contributed by atoms with Crippen molar-refractivity contribution >= 4 is 11.6 Å². The summed E-state index contributed by atoms with van der Waals surface area (Å²) in [5.41, 5.74) is 5.11. The van der Waals surface area contributed by atoms with Crippen molar-refractivity contribution in [1.29, 1.82) is 0 Å². The van der Waals surface area contributed by atoms with Gasteiger partial charge in [0, 0.05) is 13.1 Å². The summed E-state index contributed by atoms with van der Waals surface area (Å²) >= 11 is 0. The second kappa shape index (κ2) is 8.47. The Hall–Kier alpha value is -2.37. The van der Waals surface area contributed by atoms with Gasteiger partial charge >= 0.3 is 0 Å². The molecule has 24 heavy (non-hydrogen) atoms. The number of ether oxygens (including phenoxy) is 1. The molecule has 1 amide bonds. The highest BCUT2D eigenvalue weighted by atomic mass is 16.5. The first-order valence-electron chi connectivity index (χ1n) is 8.29. The Balaban J connectivity index is 1.66. The SMILES string of the molecule is O=C(C[C@H]1CNCCO1)NN(Cc1ccccc1)c1ccccc1. The molecule has 5 nitrogen and oxygen atoms in total. The Kier molecular flexibility index (Phi) is 5.82. The van der Waals surface area contributed by atoms with Crippen molar-refractivity contribution in [2.24, 2.45) is 0 Å². The number of anilines is 1. The van der Waals surface area contributed by atoms with E-state index in [-0.39, 0.29) is 12.0 Å². The van der Waals surface area contributed by atoms with Crippen LogP contribution in [0.5, 0.6) is 0 Å². The molecule has 2 aromatic rings. The Labute approximate surface area is 142 Å². The molecule has 126 valence electrons. The van der Waals surface area contributed by atoms with Gasteiger partial charge in [-0.25, -0.2) is 0 Å².